The molecule has 0 fully saturated rings. The molecule has 4 rings (SSSR count). The maximum Gasteiger partial charge on any atom is 0.0705 e. The highest BCUT2D eigenvalue weighted by Crippen LogP contribution is 2.42. The number of fused-ring (bicyclic) bond motifs is 2. The van der Waals surface area contributed by atoms with Crippen LogP contribution >= 0.6 is 11.8 Å². The molecular weight excluding hydrogens is 276 g/mol. The quantitative estimate of drug-likeness (QED) is 0.777. The molecule has 3 heteroatoms. The molecule has 0 spiro atoms. The van der Waals surface area contributed by atoms with Crippen molar-refractivity contribution < 1.29 is 0 Å². The van der Waals surface area contributed by atoms with E-state index in [4.69, 9.17) is 5.73 Å². The molecular formula is C18H16N2S. The lowest BCUT2D eigenvalue weighted by Gasteiger charge is -2.20. The Labute approximate surface area is 128 Å². The van der Waals surface area contributed by atoms with E-state index in [1.165, 1.54) is 21.4 Å². The van der Waals surface area contributed by atoms with Crippen molar-refractivity contribution in [3.8, 4) is 0 Å². The van der Waals surface area contributed by atoms with Crippen LogP contribution in [0.1, 0.15) is 17.2 Å². The van der Waals surface area contributed by atoms with Gasteiger partial charge in [0.05, 0.1) is 5.52 Å². The second-order valence-electron chi connectivity index (χ2n) is 5.41. The van der Waals surface area contributed by atoms with Gasteiger partial charge in [-0.15, -0.1) is 11.8 Å². The van der Waals surface area contributed by atoms with E-state index in [1.807, 2.05) is 30.1 Å². The minimum atomic E-state index is 0.0234. The molecule has 104 valence electrons. The zero-order chi connectivity index (χ0) is 14.2. The molecule has 3 aromatic rings. The van der Waals surface area contributed by atoms with Gasteiger partial charge in [0, 0.05) is 27.8 Å². The molecule has 0 saturated carbocycles. The van der Waals surface area contributed by atoms with Crippen LogP contribution in [0.15, 0.2) is 65.7 Å². The van der Waals surface area contributed by atoms with Crippen LogP contribution in [0.3, 0.4) is 0 Å². The number of aromatic nitrogens is 1. The molecule has 1 aliphatic rings. The molecule has 0 saturated heterocycles. The number of rotatable bonds is 2. The van der Waals surface area contributed by atoms with Crippen molar-refractivity contribution >= 4 is 22.7 Å². The summed E-state index contributed by atoms with van der Waals surface area (Å²) in [7, 11) is 0. The van der Waals surface area contributed by atoms with Crippen LogP contribution in [0.4, 0.5) is 0 Å². The first kappa shape index (κ1) is 12.9. The minimum absolute atomic E-state index is 0.0234. The summed E-state index contributed by atoms with van der Waals surface area (Å²) in [5, 5.41) is 1.57. The normalized spacial score (nSPS) is 18.6. The summed E-state index contributed by atoms with van der Waals surface area (Å²) >= 11 is 1.90. The molecule has 2 nitrogen and oxygen atoms in total. The summed E-state index contributed by atoms with van der Waals surface area (Å²) < 4.78 is 0. The highest BCUT2D eigenvalue weighted by molar-refractivity contribution is 8.00. The predicted octanol–water partition coefficient (Wildman–Crippen LogP) is 3.95. The third-order valence-corrected chi connectivity index (χ3v) is 5.53. The van der Waals surface area contributed by atoms with Gasteiger partial charge in [0.1, 0.15) is 0 Å². The van der Waals surface area contributed by atoms with Crippen LogP contribution in [-0.2, 0) is 6.42 Å². The Balaban J connectivity index is 1.71. The first-order valence-electron chi connectivity index (χ1n) is 7.17. The fourth-order valence-electron chi connectivity index (χ4n) is 3.03. The monoisotopic (exact) mass is 292 g/mol. The first-order valence-corrected chi connectivity index (χ1v) is 8.05. The second-order valence-corrected chi connectivity index (χ2v) is 6.69. The molecule has 2 unspecified atom stereocenters. The van der Waals surface area contributed by atoms with Crippen LogP contribution in [0, 0.1) is 0 Å². The number of hydrogen-bond acceptors (Lipinski definition) is 3. The standard InChI is InChI=1S/C18H16N2S/c19-18(17-11-12-5-1-2-9-16(12)21-17)14-6-3-8-15-13(14)7-4-10-20-15/h1-10,17-18H,11,19H2. The average molecular weight is 292 g/mol. The number of nitrogens with two attached hydrogens (primary N) is 1. The molecule has 2 N–H and O–H groups in total. The fourth-order valence-corrected chi connectivity index (χ4v) is 4.37. The zero-order valence-electron chi connectivity index (χ0n) is 11.6. The topological polar surface area (TPSA) is 38.9 Å². The van der Waals surface area contributed by atoms with Gasteiger partial charge in [-0.2, -0.15) is 0 Å². The Kier molecular flexibility index (Phi) is 3.17. The molecule has 2 atom stereocenters. The van der Waals surface area contributed by atoms with Gasteiger partial charge >= 0.3 is 0 Å². The van der Waals surface area contributed by atoms with Gasteiger partial charge in [-0.05, 0) is 35.7 Å². The van der Waals surface area contributed by atoms with Gasteiger partial charge in [-0.1, -0.05) is 36.4 Å². The molecule has 1 aliphatic heterocycles. The van der Waals surface area contributed by atoms with Gasteiger partial charge in [0.15, 0.2) is 0 Å². The van der Waals surface area contributed by atoms with E-state index in [0.717, 1.165) is 11.9 Å². The van der Waals surface area contributed by atoms with Crippen molar-refractivity contribution in [3.05, 3.63) is 71.9 Å². The van der Waals surface area contributed by atoms with Crippen molar-refractivity contribution in [2.75, 3.05) is 0 Å². The van der Waals surface area contributed by atoms with Gasteiger partial charge in [-0.3, -0.25) is 4.98 Å². The van der Waals surface area contributed by atoms with Gasteiger partial charge in [0.2, 0.25) is 0 Å². The maximum absolute atomic E-state index is 6.60. The fraction of sp³-hybridized carbons (Fsp3) is 0.167. The van der Waals surface area contributed by atoms with E-state index in [9.17, 15) is 0 Å². The van der Waals surface area contributed by atoms with Crippen molar-refractivity contribution in [3.63, 3.8) is 0 Å². The third kappa shape index (κ3) is 2.23. The SMILES string of the molecule is NC(c1cccc2ncccc12)C1Cc2ccccc2S1. The van der Waals surface area contributed by atoms with Gasteiger partial charge in [-0.25, -0.2) is 0 Å². The van der Waals surface area contributed by atoms with Crippen molar-refractivity contribution in [1.82, 2.24) is 4.98 Å². The van der Waals surface area contributed by atoms with Crippen molar-refractivity contribution in [1.29, 1.82) is 0 Å². The molecule has 1 aromatic heterocycles. The Morgan fingerprint density at radius 1 is 1.05 bits per heavy atom. The van der Waals surface area contributed by atoms with Crippen LogP contribution in [-0.4, -0.2) is 10.2 Å². The number of benzene rings is 2. The summed E-state index contributed by atoms with van der Waals surface area (Å²) in [5.41, 5.74) is 10.2. The Bertz CT molecular complexity index is 770. The molecule has 2 aromatic carbocycles. The first-order chi connectivity index (χ1) is 10.3. The van der Waals surface area contributed by atoms with Gasteiger partial charge in [0.25, 0.3) is 0 Å². The van der Waals surface area contributed by atoms with Crippen LogP contribution in [0.5, 0.6) is 0 Å². The zero-order valence-corrected chi connectivity index (χ0v) is 12.4. The summed E-state index contributed by atoms with van der Waals surface area (Å²) in [6.07, 6.45) is 2.87. The molecule has 0 radical (unpaired) electrons. The van der Waals surface area contributed by atoms with E-state index in [-0.39, 0.29) is 6.04 Å². The largest absolute Gasteiger partial charge is 0.323 e. The third-order valence-electron chi connectivity index (χ3n) is 4.11. The Morgan fingerprint density at radius 3 is 2.86 bits per heavy atom. The predicted molar refractivity (Wildman–Crippen MR) is 88.5 cm³/mol. The number of nitrogens with zero attached hydrogens (tertiary/aromatic N) is 1. The average Bonchev–Trinajstić information content (AvgIpc) is 2.97. The minimum Gasteiger partial charge on any atom is -0.323 e. The molecule has 0 amide bonds. The molecule has 2 heterocycles. The highest BCUT2D eigenvalue weighted by atomic mass is 32.2. The number of pyridine rings is 1. The summed E-state index contributed by atoms with van der Waals surface area (Å²) in [6.45, 7) is 0. The lowest BCUT2D eigenvalue weighted by atomic mass is 9.96. The van der Waals surface area contributed by atoms with Crippen LogP contribution in [0.25, 0.3) is 10.9 Å². The van der Waals surface area contributed by atoms with Crippen LogP contribution < -0.4 is 5.73 Å². The number of hydrogen-bond donors (Lipinski definition) is 1. The van der Waals surface area contributed by atoms with Gasteiger partial charge < -0.3 is 5.73 Å². The van der Waals surface area contributed by atoms with E-state index in [0.29, 0.717) is 5.25 Å². The molecule has 0 aliphatic carbocycles. The van der Waals surface area contributed by atoms with E-state index in [2.05, 4.69) is 47.4 Å². The van der Waals surface area contributed by atoms with E-state index < -0.39 is 0 Å². The van der Waals surface area contributed by atoms with Crippen molar-refractivity contribution in [2.45, 2.75) is 22.6 Å². The smallest absolute Gasteiger partial charge is 0.0705 e. The summed E-state index contributed by atoms with van der Waals surface area (Å²) in [6, 6.07) is 19.0. The molecule has 0 bridgehead atoms. The van der Waals surface area contributed by atoms with Crippen molar-refractivity contribution in [2.24, 2.45) is 5.73 Å². The Morgan fingerprint density at radius 2 is 1.95 bits per heavy atom. The van der Waals surface area contributed by atoms with E-state index in [1.54, 1.807) is 0 Å². The highest BCUT2D eigenvalue weighted by Gasteiger charge is 2.28. The second kappa shape index (κ2) is 5.17. The summed E-state index contributed by atoms with van der Waals surface area (Å²) in [5.74, 6) is 0. The van der Waals surface area contributed by atoms with Crippen LogP contribution in [0.2, 0.25) is 0 Å². The summed E-state index contributed by atoms with van der Waals surface area (Å²) in [4.78, 5) is 5.80. The lowest BCUT2D eigenvalue weighted by molar-refractivity contribution is 0.682. The lowest BCUT2D eigenvalue weighted by Crippen LogP contribution is -2.23. The Hall–Kier alpha value is -1.84. The maximum atomic E-state index is 6.60. The molecule has 21 heavy (non-hydrogen) atoms. The van der Waals surface area contributed by atoms with E-state index >= 15 is 0 Å². The number of thioether (sulfide) groups is 1.